The summed E-state index contributed by atoms with van der Waals surface area (Å²) in [6.07, 6.45) is 0.945. The van der Waals surface area contributed by atoms with Crippen molar-refractivity contribution in [2.24, 2.45) is 0 Å². The van der Waals surface area contributed by atoms with E-state index in [4.69, 9.17) is 4.74 Å². The molecule has 26 heavy (non-hydrogen) atoms. The largest absolute Gasteiger partial charge is 0.496 e. The summed E-state index contributed by atoms with van der Waals surface area (Å²) in [5, 5.41) is 6.13. The maximum absolute atomic E-state index is 12.5. The van der Waals surface area contributed by atoms with Gasteiger partial charge in [0.05, 0.1) is 17.3 Å². The van der Waals surface area contributed by atoms with Crippen molar-refractivity contribution >= 4 is 38.4 Å². The van der Waals surface area contributed by atoms with Gasteiger partial charge in [-0.05, 0) is 47.0 Å². The summed E-state index contributed by atoms with van der Waals surface area (Å²) < 4.78 is 6.12. The number of halogens is 1. The van der Waals surface area contributed by atoms with Crippen LogP contribution in [0.4, 0.5) is 9.93 Å². The van der Waals surface area contributed by atoms with Crippen LogP contribution in [0, 0.1) is 6.92 Å². The van der Waals surface area contributed by atoms with Crippen LogP contribution >= 0.6 is 27.3 Å². The third-order valence-electron chi connectivity index (χ3n) is 4.32. The van der Waals surface area contributed by atoms with Crippen LogP contribution in [0.1, 0.15) is 17.7 Å². The Morgan fingerprint density at radius 1 is 1.35 bits per heavy atom. The quantitative estimate of drug-likeness (QED) is 0.791. The smallest absolute Gasteiger partial charge is 0.317 e. The molecule has 1 aromatic heterocycles. The van der Waals surface area contributed by atoms with E-state index in [2.05, 4.69) is 36.5 Å². The number of hydrogen-bond acceptors (Lipinski definition) is 5. The van der Waals surface area contributed by atoms with Crippen LogP contribution in [-0.4, -0.2) is 49.2 Å². The Labute approximate surface area is 166 Å². The molecule has 1 fully saturated rings. The lowest BCUT2D eigenvalue weighted by molar-refractivity contribution is 0.201. The maximum Gasteiger partial charge on any atom is 0.317 e. The fraction of sp³-hybridized carbons (Fsp3) is 0.444. The number of aryl methyl sites for hydroxylation is 1. The van der Waals surface area contributed by atoms with Gasteiger partial charge in [-0.2, -0.15) is 0 Å². The first-order chi connectivity index (χ1) is 12.6. The average molecular weight is 439 g/mol. The molecule has 0 bridgehead atoms. The maximum atomic E-state index is 12.5. The normalized spacial score (nSPS) is 14.9. The number of benzene rings is 1. The standard InChI is InChI=1S/C18H23BrN4O2S/c1-13-12-26-18(21-13)23-7-3-6-22(8-9-23)17(24)20-11-14-4-5-16(25-2)15(19)10-14/h4-5,10,12H,3,6-9,11H2,1-2H3,(H,20,24). The van der Waals surface area contributed by atoms with E-state index in [9.17, 15) is 4.79 Å². The number of ether oxygens (including phenoxy) is 1. The highest BCUT2D eigenvalue weighted by Gasteiger charge is 2.20. The minimum Gasteiger partial charge on any atom is -0.496 e. The van der Waals surface area contributed by atoms with Crippen LogP contribution in [0.3, 0.4) is 0 Å². The first kappa shape index (κ1) is 19.0. The Balaban J connectivity index is 1.52. The number of amides is 2. The first-order valence-corrected chi connectivity index (χ1v) is 10.3. The Morgan fingerprint density at radius 3 is 2.88 bits per heavy atom. The second-order valence-corrected chi connectivity index (χ2v) is 7.92. The average Bonchev–Trinajstić information content (AvgIpc) is 2.92. The third kappa shape index (κ3) is 4.67. The number of hydrogen-bond donors (Lipinski definition) is 1. The predicted octanol–water partition coefficient (Wildman–Crippen LogP) is 3.64. The van der Waals surface area contributed by atoms with E-state index in [1.807, 2.05) is 30.0 Å². The van der Waals surface area contributed by atoms with Crippen molar-refractivity contribution in [1.82, 2.24) is 15.2 Å². The van der Waals surface area contributed by atoms with E-state index >= 15 is 0 Å². The van der Waals surface area contributed by atoms with Gasteiger partial charge in [0, 0.05) is 38.1 Å². The van der Waals surface area contributed by atoms with E-state index in [1.165, 1.54) is 0 Å². The number of anilines is 1. The number of nitrogens with one attached hydrogen (secondary N) is 1. The van der Waals surface area contributed by atoms with Crippen molar-refractivity contribution in [2.75, 3.05) is 38.2 Å². The van der Waals surface area contributed by atoms with Crippen LogP contribution in [0.2, 0.25) is 0 Å². The van der Waals surface area contributed by atoms with Gasteiger partial charge < -0.3 is 19.9 Å². The summed E-state index contributed by atoms with van der Waals surface area (Å²) in [5.41, 5.74) is 2.08. The lowest BCUT2D eigenvalue weighted by Gasteiger charge is -2.22. The molecule has 8 heteroatoms. The topological polar surface area (TPSA) is 57.7 Å². The SMILES string of the molecule is COc1ccc(CNC(=O)N2CCCN(c3nc(C)cs3)CC2)cc1Br. The molecule has 2 amide bonds. The molecule has 1 aromatic carbocycles. The molecular formula is C18H23BrN4O2S. The van der Waals surface area contributed by atoms with Gasteiger partial charge in [0.15, 0.2) is 5.13 Å². The fourth-order valence-electron chi connectivity index (χ4n) is 2.91. The third-order valence-corrected chi connectivity index (χ3v) is 5.96. The van der Waals surface area contributed by atoms with Gasteiger partial charge >= 0.3 is 6.03 Å². The Bertz CT molecular complexity index is 767. The molecule has 2 aromatic rings. The van der Waals surface area contributed by atoms with Crippen molar-refractivity contribution < 1.29 is 9.53 Å². The molecule has 3 rings (SSSR count). The number of urea groups is 1. The van der Waals surface area contributed by atoms with Gasteiger partial charge in [0.25, 0.3) is 0 Å². The molecular weight excluding hydrogens is 416 g/mol. The number of carbonyl (C=O) groups excluding carboxylic acids is 1. The molecule has 0 radical (unpaired) electrons. The van der Waals surface area contributed by atoms with Crippen molar-refractivity contribution in [3.05, 3.63) is 39.3 Å². The number of thiazole rings is 1. The number of nitrogens with zero attached hydrogens (tertiary/aromatic N) is 3. The van der Waals surface area contributed by atoms with Crippen molar-refractivity contribution in [3.8, 4) is 5.75 Å². The van der Waals surface area contributed by atoms with E-state index in [-0.39, 0.29) is 6.03 Å². The van der Waals surface area contributed by atoms with Gasteiger partial charge in [0.2, 0.25) is 0 Å². The summed E-state index contributed by atoms with van der Waals surface area (Å²) >= 11 is 5.14. The summed E-state index contributed by atoms with van der Waals surface area (Å²) in [6, 6.07) is 5.80. The van der Waals surface area contributed by atoms with E-state index < -0.39 is 0 Å². The highest BCUT2D eigenvalue weighted by molar-refractivity contribution is 9.10. The first-order valence-electron chi connectivity index (χ1n) is 8.59. The van der Waals surface area contributed by atoms with Gasteiger partial charge in [-0.3, -0.25) is 0 Å². The molecule has 0 saturated carbocycles. The van der Waals surface area contributed by atoms with E-state index in [1.54, 1.807) is 18.4 Å². The molecule has 6 nitrogen and oxygen atoms in total. The summed E-state index contributed by atoms with van der Waals surface area (Å²) in [5.74, 6) is 0.783. The van der Waals surface area contributed by atoms with Crippen LogP contribution < -0.4 is 15.0 Å². The molecule has 140 valence electrons. The zero-order valence-corrected chi connectivity index (χ0v) is 17.4. The number of carbonyl (C=O) groups is 1. The molecule has 1 N–H and O–H groups in total. The van der Waals surface area contributed by atoms with Crippen molar-refractivity contribution in [3.63, 3.8) is 0 Å². The minimum absolute atomic E-state index is 0.0193. The van der Waals surface area contributed by atoms with Crippen LogP contribution in [0.5, 0.6) is 5.75 Å². The summed E-state index contributed by atoms with van der Waals surface area (Å²) in [6.45, 7) is 5.72. The van der Waals surface area contributed by atoms with Crippen LogP contribution in [0.15, 0.2) is 28.1 Å². The predicted molar refractivity (Wildman–Crippen MR) is 108 cm³/mol. The lowest BCUT2D eigenvalue weighted by Crippen LogP contribution is -2.41. The Hall–Kier alpha value is -1.80. The molecule has 1 aliphatic rings. The van der Waals surface area contributed by atoms with Crippen LogP contribution in [-0.2, 0) is 6.54 Å². The highest BCUT2D eigenvalue weighted by atomic mass is 79.9. The second-order valence-electron chi connectivity index (χ2n) is 6.23. The fourth-order valence-corrected chi connectivity index (χ4v) is 4.35. The number of methoxy groups -OCH3 is 1. The van der Waals surface area contributed by atoms with Gasteiger partial charge in [-0.1, -0.05) is 6.07 Å². The minimum atomic E-state index is -0.0193. The number of rotatable bonds is 4. The molecule has 0 aliphatic carbocycles. The summed E-state index contributed by atoms with van der Waals surface area (Å²) in [4.78, 5) is 21.2. The highest BCUT2D eigenvalue weighted by Crippen LogP contribution is 2.25. The van der Waals surface area contributed by atoms with Crippen molar-refractivity contribution in [1.29, 1.82) is 0 Å². The van der Waals surface area contributed by atoms with Gasteiger partial charge in [-0.25, -0.2) is 9.78 Å². The summed E-state index contributed by atoms with van der Waals surface area (Å²) in [7, 11) is 1.64. The van der Waals surface area contributed by atoms with Gasteiger partial charge in [0.1, 0.15) is 5.75 Å². The second kappa shape index (κ2) is 8.73. The zero-order valence-electron chi connectivity index (χ0n) is 15.0. The van der Waals surface area contributed by atoms with Crippen LogP contribution in [0.25, 0.3) is 0 Å². The zero-order chi connectivity index (χ0) is 18.5. The van der Waals surface area contributed by atoms with Crippen molar-refractivity contribution in [2.45, 2.75) is 19.9 Å². The monoisotopic (exact) mass is 438 g/mol. The molecule has 1 aliphatic heterocycles. The molecule has 0 spiro atoms. The Kier molecular flexibility index (Phi) is 6.37. The molecule has 2 heterocycles. The molecule has 0 atom stereocenters. The van der Waals surface area contributed by atoms with E-state index in [0.29, 0.717) is 13.1 Å². The lowest BCUT2D eigenvalue weighted by atomic mass is 10.2. The van der Waals surface area contributed by atoms with Gasteiger partial charge in [-0.15, -0.1) is 11.3 Å². The molecule has 0 unspecified atom stereocenters. The number of aromatic nitrogens is 1. The molecule has 1 saturated heterocycles. The van der Waals surface area contributed by atoms with E-state index in [0.717, 1.165) is 52.7 Å². The Morgan fingerprint density at radius 2 is 2.19 bits per heavy atom.